The molecule has 0 radical (unpaired) electrons. The zero-order valence-corrected chi connectivity index (χ0v) is 7.93. The summed E-state index contributed by atoms with van der Waals surface area (Å²) in [6, 6.07) is 0. The van der Waals surface area contributed by atoms with Crippen LogP contribution in [0.3, 0.4) is 0 Å². The summed E-state index contributed by atoms with van der Waals surface area (Å²) in [6.07, 6.45) is 5.12. The van der Waals surface area contributed by atoms with E-state index >= 15 is 0 Å². The third-order valence-corrected chi connectivity index (χ3v) is 4.30. The summed E-state index contributed by atoms with van der Waals surface area (Å²) in [6.45, 7) is 1.53. The Kier molecular flexibility index (Phi) is 1.23. The van der Waals surface area contributed by atoms with E-state index in [1.54, 1.807) is 0 Å². The molecular weight excluding hydrogens is 180 g/mol. The SMILES string of the molecule is CC(=O)C1C(C(=O)O)C2C=CC23CC13. The number of carbonyl (C=O) groups excluding carboxylic acids is 1. The predicted octanol–water partition coefficient (Wildman–Crippen LogP) is 1.10. The van der Waals surface area contributed by atoms with Gasteiger partial charge >= 0.3 is 5.97 Å². The number of Topliss-reactive ketones (excluding diaryl/α,β-unsaturated/α-hetero) is 1. The van der Waals surface area contributed by atoms with E-state index < -0.39 is 11.9 Å². The van der Waals surface area contributed by atoms with Crippen LogP contribution in [-0.4, -0.2) is 16.9 Å². The Labute approximate surface area is 81.8 Å². The van der Waals surface area contributed by atoms with E-state index in [0.29, 0.717) is 5.92 Å². The number of ketones is 1. The van der Waals surface area contributed by atoms with Crippen LogP contribution in [0, 0.1) is 29.1 Å². The van der Waals surface area contributed by atoms with Gasteiger partial charge in [-0.2, -0.15) is 0 Å². The van der Waals surface area contributed by atoms with Gasteiger partial charge in [-0.05, 0) is 24.7 Å². The summed E-state index contributed by atoms with van der Waals surface area (Å²) in [5.41, 5.74) is 0.124. The molecule has 2 fully saturated rings. The number of carboxylic acid groups (broad SMARTS) is 1. The van der Waals surface area contributed by atoms with E-state index in [4.69, 9.17) is 5.11 Å². The van der Waals surface area contributed by atoms with E-state index in [-0.39, 0.29) is 23.0 Å². The fourth-order valence-electron chi connectivity index (χ4n) is 3.58. The van der Waals surface area contributed by atoms with Crippen molar-refractivity contribution in [3.8, 4) is 0 Å². The molecule has 5 atom stereocenters. The first kappa shape index (κ1) is 8.21. The number of rotatable bonds is 2. The highest BCUT2D eigenvalue weighted by Gasteiger charge is 2.74. The van der Waals surface area contributed by atoms with Crippen LogP contribution in [0.5, 0.6) is 0 Å². The molecule has 0 saturated heterocycles. The molecule has 0 aromatic rings. The van der Waals surface area contributed by atoms with E-state index in [0.717, 1.165) is 6.42 Å². The standard InChI is InChI=1S/C11H12O3/c1-5(12)8-7-4-11(7)3-2-6(11)9(8)10(13)14/h2-3,6-9H,4H2,1H3,(H,13,14). The van der Waals surface area contributed by atoms with Gasteiger partial charge < -0.3 is 5.11 Å². The first-order valence-electron chi connectivity index (χ1n) is 5.00. The highest BCUT2D eigenvalue weighted by atomic mass is 16.4. The molecular formula is C11H12O3. The van der Waals surface area contributed by atoms with E-state index in [2.05, 4.69) is 6.08 Å². The highest BCUT2D eigenvalue weighted by Crippen LogP contribution is 2.76. The normalized spacial score (nSPS) is 51.8. The molecule has 74 valence electrons. The molecule has 3 nitrogen and oxygen atoms in total. The summed E-state index contributed by atoms with van der Waals surface area (Å²) >= 11 is 0. The summed E-state index contributed by atoms with van der Waals surface area (Å²) in [7, 11) is 0. The maximum absolute atomic E-state index is 11.4. The lowest BCUT2D eigenvalue weighted by atomic mass is 9.73. The average Bonchev–Trinajstić information content (AvgIpc) is 2.73. The summed E-state index contributed by atoms with van der Waals surface area (Å²) < 4.78 is 0. The fourth-order valence-corrected chi connectivity index (χ4v) is 3.58. The van der Waals surface area contributed by atoms with Crippen molar-refractivity contribution in [2.75, 3.05) is 0 Å². The average molecular weight is 192 g/mol. The number of aliphatic carboxylic acids is 1. The molecule has 3 heteroatoms. The van der Waals surface area contributed by atoms with Gasteiger partial charge in [0.15, 0.2) is 0 Å². The zero-order valence-electron chi connectivity index (χ0n) is 7.93. The van der Waals surface area contributed by atoms with Crippen LogP contribution in [0.15, 0.2) is 12.2 Å². The molecule has 0 amide bonds. The van der Waals surface area contributed by atoms with Crippen molar-refractivity contribution in [2.24, 2.45) is 29.1 Å². The molecule has 3 rings (SSSR count). The van der Waals surface area contributed by atoms with Crippen LogP contribution in [0.4, 0.5) is 0 Å². The van der Waals surface area contributed by atoms with Crippen LogP contribution in [0.25, 0.3) is 0 Å². The monoisotopic (exact) mass is 192 g/mol. The number of allylic oxidation sites excluding steroid dienone is 2. The number of hydrogen-bond acceptors (Lipinski definition) is 2. The maximum Gasteiger partial charge on any atom is 0.307 e. The predicted molar refractivity (Wildman–Crippen MR) is 48.5 cm³/mol. The second-order valence-electron chi connectivity index (χ2n) is 4.81. The Morgan fingerprint density at radius 2 is 2.14 bits per heavy atom. The van der Waals surface area contributed by atoms with Crippen LogP contribution < -0.4 is 0 Å². The smallest absolute Gasteiger partial charge is 0.307 e. The molecule has 0 aliphatic heterocycles. The van der Waals surface area contributed by atoms with Gasteiger partial charge in [-0.15, -0.1) is 0 Å². The van der Waals surface area contributed by atoms with Crippen molar-refractivity contribution in [3.05, 3.63) is 12.2 Å². The van der Waals surface area contributed by atoms with Crippen molar-refractivity contribution in [1.29, 1.82) is 0 Å². The van der Waals surface area contributed by atoms with Crippen LogP contribution in [0.2, 0.25) is 0 Å². The molecule has 5 unspecified atom stereocenters. The molecule has 0 aromatic heterocycles. The second kappa shape index (κ2) is 2.10. The van der Waals surface area contributed by atoms with Crippen LogP contribution in [0.1, 0.15) is 13.3 Å². The first-order chi connectivity index (χ1) is 6.58. The van der Waals surface area contributed by atoms with Gasteiger partial charge in [0.2, 0.25) is 0 Å². The lowest BCUT2D eigenvalue weighted by Gasteiger charge is -2.30. The third kappa shape index (κ3) is 0.668. The largest absolute Gasteiger partial charge is 0.481 e. The molecule has 0 bridgehead atoms. The van der Waals surface area contributed by atoms with Gasteiger partial charge in [0.1, 0.15) is 5.78 Å². The summed E-state index contributed by atoms with van der Waals surface area (Å²) in [5, 5.41) is 9.10. The van der Waals surface area contributed by atoms with Gasteiger partial charge in [-0.25, -0.2) is 0 Å². The van der Waals surface area contributed by atoms with Crippen molar-refractivity contribution in [1.82, 2.24) is 0 Å². The first-order valence-corrected chi connectivity index (χ1v) is 5.00. The quantitative estimate of drug-likeness (QED) is 0.666. The van der Waals surface area contributed by atoms with Crippen LogP contribution >= 0.6 is 0 Å². The van der Waals surface area contributed by atoms with Crippen molar-refractivity contribution in [2.45, 2.75) is 13.3 Å². The molecule has 0 aromatic carbocycles. The van der Waals surface area contributed by atoms with E-state index in [1.807, 2.05) is 6.08 Å². The van der Waals surface area contributed by atoms with Crippen molar-refractivity contribution < 1.29 is 14.7 Å². The number of carboxylic acids is 1. The molecule has 3 aliphatic rings. The number of hydrogen-bond donors (Lipinski definition) is 1. The third-order valence-electron chi connectivity index (χ3n) is 4.30. The van der Waals surface area contributed by atoms with E-state index in [1.165, 1.54) is 6.92 Å². The van der Waals surface area contributed by atoms with Gasteiger partial charge in [-0.1, -0.05) is 12.2 Å². The Bertz CT molecular complexity index is 371. The molecule has 1 spiro atoms. The fraction of sp³-hybridized carbons (Fsp3) is 0.636. The zero-order chi connectivity index (χ0) is 10.1. The summed E-state index contributed by atoms with van der Waals surface area (Å²) in [5.74, 6) is -0.958. The van der Waals surface area contributed by atoms with Crippen LogP contribution in [-0.2, 0) is 9.59 Å². The van der Waals surface area contributed by atoms with Gasteiger partial charge in [-0.3, -0.25) is 9.59 Å². The Balaban J connectivity index is 2.00. The van der Waals surface area contributed by atoms with Gasteiger partial charge in [0.25, 0.3) is 0 Å². The van der Waals surface area contributed by atoms with Crippen molar-refractivity contribution >= 4 is 11.8 Å². The maximum atomic E-state index is 11.4. The van der Waals surface area contributed by atoms with Gasteiger partial charge in [0.05, 0.1) is 5.92 Å². The Morgan fingerprint density at radius 3 is 2.57 bits per heavy atom. The topological polar surface area (TPSA) is 54.4 Å². The molecule has 14 heavy (non-hydrogen) atoms. The minimum Gasteiger partial charge on any atom is -0.481 e. The Morgan fingerprint density at radius 1 is 1.43 bits per heavy atom. The molecule has 3 aliphatic carbocycles. The molecule has 2 saturated carbocycles. The van der Waals surface area contributed by atoms with Gasteiger partial charge in [0, 0.05) is 11.8 Å². The van der Waals surface area contributed by atoms with E-state index in [9.17, 15) is 9.59 Å². The molecule has 1 N–H and O–H groups in total. The highest BCUT2D eigenvalue weighted by molar-refractivity contribution is 5.87. The minimum absolute atomic E-state index is 0.0514. The number of carbonyl (C=O) groups is 2. The minimum atomic E-state index is -0.800. The van der Waals surface area contributed by atoms with Crippen molar-refractivity contribution in [3.63, 3.8) is 0 Å². The lowest BCUT2D eigenvalue weighted by Crippen LogP contribution is -2.34. The molecule has 0 heterocycles. The summed E-state index contributed by atoms with van der Waals surface area (Å²) in [4.78, 5) is 22.5. The second-order valence-corrected chi connectivity index (χ2v) is 4.81. The Hall–Kier alpha value is -1.12. The lowest BCUT2D eigenvalue weighted by molar-refractivity contribution is -0.147.